The van der Waals surface area contributed by atoms with Gasteiger partial charge in [-0.15, -0.1) is 0 Å². The first-order valence-corrected chi connectivity index (χ1v) is 7.87. The summed E-state index contributed by atoms with van der Waals surface area (Å²) in [5.74, 6) is 0.349. The molecule has 0 saturated heterocycles. The number of aromatic nitrogens is 2. The van der Waals surface area contributed by atoms with E-state index in [1.54, 1.807) is 6.33 Å². The third-order valence-electron chi connectivity index (χ3n) is 3.80. The van der Waals surface area contributed by atoms with Gasteiger partial charge < -0.3 is 0 Å². The smallest absolute Gasteiger partial charge is 0.116 e. The third-order valence-corrected chi connectivity index (χ3v) is 4.48. The van der Waals surface area contributed by atoms with Gasteiger partial charge in [0.2, 0.25) is 0 Å². The average molecular weight is 377 g/mol. The van der Waals surface area contributed by atoms with Crippen LogP contribution >= 0.6 is 22.6 Å². The van der Waals surface area contributed by atoms with Gasteiger partial charge in [0.05, 0.1) is 11.4 Å². The molecule has 0 radical (unpaired) electrons. The Bertz CT molecular complexity index is 679. The number of halogens is 1. The minimum atomic E-state index is 0.349. The second-order valence-corrected chi connectivity index (χ2v) is 6.26. The van der Waals surface area contributed by atoms with Gasteiger partial charge in [-0.2, -0.15) is 0 Å². The van der Waals surface area contributed by atoms with Crippen LogP contribution in [0.2, 0.25) is 0 Å². The van der Waals surface area contributed by atoms with Gasteiger partial charge in [-0.3, -0.25) is 4.99 Å². The van der Waals surface area contributed by atoms with Crippen LogP contribution < -0.4 is 0 Å². The molecule has 4 heteroatoms. The van der Waals surface area contributed by atoms with Crippen LogP contribution in [-0.4, -0.2) is 16.2 Å². The molecule has 0 N–H and O–H groups in total. The van der Waals surface area contributed by atoms with E-state index in [0.29, 0.717) is 5.92 Å². The van der Waals surface area contributed by atoms with Gasteiger partial charge in [-0.05, 0) is 72.5 Å². The molecule has 0 saturated carbocycles. The summed E-state index contributed by atoms with van der Waals surface area (Å²) >= 11 is 2.37. The first kappa shape index (κ1) is 13.7. The Balaban J connectivity index is 2.11. The quantitative estimate of drug-likeness (QED) is 0.582. The predicted molar refractivity (Wildman–Crippen MR) is 89.9 cm³/mol. The molecule has 0 amide bonds. The molecular weight excluding hydrogens is 361 g/mol. The van der Waals surface area contributed by atoms with Crippen molar-refractivity contribution in [1.29, 1.82) is 0 Å². The topological polar surface area (TPSA) is 38.1 Å². The van der Waals surface area contributed by atoms with E-state index < -0.39 is 0 Å². The zero-order chi connectivity index (χ0) is 14.1. The van der Waals surface area contributed by atoms with Crippen LogP contribution in [0.4, 0.5) is 5.69 Å². The monoisotopic (exact) mass is 377 g/mol. The van der Waals surface area contributed by atoms with E-state index in [1.165, 1.54) is 14.7 Å². The largest absolute Gasteiger partial charge is 0.258 e. The van der Waals surface area contributed by atoms with Crippen LogP contribution in [-0.2, 0) is 6.42 Å². The SMILES string of the molecule is CC=Nc1c(C)ncnc1C1CCc2cc(I)ccc21. The molecular formula is C16H16IN3. The lowest BCUT2D eigenvalue weighted by Crippen LogP contribution is -2.02. The Morgan fingerprint density at radius 2 is 2.20 bits per heavy atom. The van der Waals surface area contributed by atoms with Crippen molar-refractivity contribution in [3.63, 3.8) is 0 Å². The molecule has 2 aromatic rings. The molecule has 0 spiro atoms. The maximum atomic E-state index is 4.53. The lowest BCUT2D eigenvalue weighted by atomic mass is 9.96. The molecule has 1 aromatic carbocycles. The summed E-state index contributed by atoms with van der Waals surface area (Å²) in [6.07, 6.45) is 5.70. The normalized spacial score (nSPS) is 17.6. The third kappa shape index (κ3) is 2.37. The van der Waals surface area contributed by atoms with Gasteiger partial charge in [0.1, 0.15) is 12.0 Å². The van der Waals surface area contributed by atoms with E-state index >= 15 is 0 Å². The van der Waals surface area contributed by atoms with E-state index in [4.69, 9.17) is 0 Å². The second kappa shape index (κ2) is 5.60. The number of rotatable bonds is 2. The minimum absolute atomic E-state index is 0.349. The highest BCUT2D eigenvalue weighted by atomic mass is 127. The van der Waals surface area contributed by atoms with Crippen molar-refractivity contribution < 1.29 is 0 Å². The van der Waals surface area contributed by atoms with E-state index in [0.717, 1.165) is 29.9 Å². The zero-order valence-electron chi connectivity index (χ0n) is 11.6. The van der Waals surface area contributed by atoms with Crippen LogP contribution in [0.3, 0.4) is 0 Å². The minimum Gasteiger partial charge on any atom is -0.258 e. The molecule has 20 heavy (non-hydrogen) atoms. The van der Waals surface area contributed by atoms with Crippen LogP contribution in [0, 0.1) is 10.5 Å². The summed E-state index contributed by atoms with van der Waals surface area (Å²) in [5, 5.41) is 0. The molecule has 1 aliphatic rings. The van der Waals surface area contributed by atoms with Crippen LogP contribution in [0.15, 0.2) is 29.5 Å². The standard InChI is InChI=1S/C16H16IN3/c1-3-18-15-10(2)19-9-20-16(15)14-6-4-11-8-12(17)5-7-13(11)14/h3,5,7-9,14H,4,6H2,1-2H3. The number of nitrogens with zero attached hydrogens (tertiary/aromatic N) is 3. The first-order valence-electron chi connectivity index (χ1n) is 6.79. The fraction of sp³-hybridized carbons (Fsp3) is 0.312. The molecule has 1 aromatic heterocycles. The number of aryl methyl sites for hydroxylation is 2. The first-order chi connectivity index (χ1) is 9.70. The number of benzene rings is 1. The summed E-state index contributed by atoms with van der Waals surface area (Å²) in [4.78, 5) is 13.3. The lowest BCUT2D eigenvalue weighted by Gasteiger charge is -2.14. The summed E-state index contributed by atoms with van der Waals surface area (Å²) < 4.78 is 1.30. The van der Waals surface area contributed by atoms with Crippen LogP contribution in [0.1, 0.15) is 41.8 Å². The molecule has 0 fully saturated rings. The maximum absolute atomic E-state index is 4.53. The van der Waals surface area contributed by atoms with Crippen molar-refractivity contribution in [1.82, 2.24) is 9.97 Å². The molecule has 1 unspecified atom stereocenters. The molecule has 1 heterocycles. The molecule has 3 nitrogen and oxygen atoms in total. The van der Waals surface area contributed by atoms with Crippen molar-refractivity contribution in [3.8, 4) is 0 Å². The average Bonchev–Trinajstić information content (AvgIpc) is 2.84. The molecule has 0 aliphatic heterocycles. The fourth-order valence-corrected chi connectivity index (χ4v) is 3.45. The highest BCUT2D eigenvalue weighted by Crippen LogP contribution is 2.41. The Morgan fingerprint density at radius 1 is 1.35 bits per heavy atom. The molecule has 3 rings (SSSR count). The maximum Gasteiger partial charge on any atom is 0.116 e. The van der Waals surface area contributed by atoms with Crippen molar-refractivity contribution in [2.24, 2.45) is 4.99 Å². The Labute approximate surface area is 132 Å². The number of aliphatic imine (C=N–C) groups is 1. The number of hydrogen-bond donors (Lipinski definition) is 0. The number of hydrogen-bond acceptors (Lipinski definition) is 3. The van der Waals surface area contributed by atoms with Gasteiger partial charge in [0, 0.05) is 15.7 Å². The van der Waals surface area contributed by atoms with E-state index in [9.17, 15) is 0 Å². The molecule has 102 valence electrons. The van der Waals surface area contributed by atoms with Gasteiger partial charge >= 0.3 is 0 Å². The lowest BCUT2D eigenvalue weighted by molar-refractivity contribution is 0.755. The van der Waals surface area contributed by atoms with Crippen molar-refractivity contribution >= 4 is 34.5 Å². The van der Waals surface area contributed by atoms with Crippen molar-refractivity contribution in [2.75, 3.05) is 0 Å². The van der Waals surface area contributed by atoms with Crippen LogP contribution in [0.5, 0.6) is 0 Å². The highest BCUT2D eigenvalue weighted by molar-refractivity contribution is 14.1. The zero-order valence-corrected chi connectivity index (χ0v) is 13.8. The summed E-state index contributed by atoms with van der Waals surface area (Å²) in [5.41, 5.74) is 5.80. The van der Waals surface area contributed by atoms with E-state index in [2.05, 4.69) is 55.8 Å². The Hall–Kier alpha value is -1.30. The second-order valence-electron chi connectivity index (χ2n) is 5.01. The summed E-state index contributed by atoms with van der Waals surface area (Å²) in [7, 11) is 0. The fourth-order valence-electron chi connectivity index (χ4n) is 2.90. The van der Waals surface area contributed by atoms with Gasteiger partial charge in [-0.1, -0.05) is 6.07 Å². The van der Waals surface area contributed by atoms with Crippen molar-refractivity contribution in [2.45, 2.75) is 32.6 Å². The van der Waals surface area contributed by atoms with Gasteiger partial charge in [0.15, 0.2) is 0 Å². The van der Waals surface area contributed by atoms with Crippen molar-refractivity contribution in [3.05, 3.63) is 50.6 Å². The number of fused-ring (bicyclic) bond motifs is 1. The molecule has 1 atom stereocenters. The summed E-state index contributed by atoms with van der Waals surface area (Å²) in [6.45, 7) is 3.93. The van der Waals surface area contributed by atoms with E-state index in [1.807, 2.05) is 20.1 Å². The van der Waals surface area contributed by atoms with Gasteiger partial charge in [-0.25, -0.2) is 9.97 Å². The Kier molecular flexibility index (Phi) is 3.83. The molecule has 0 bridgehead atoms. The van der Waals surface area contributed by atoms with E-state index in [-0.39, 0.29) is 0 Å². The molecule has 1 aliphatic carbocycles. The Morgan fingerprint density at radius 3 is 3.00 bits per heavy atom. The summed E-state index contributed by atoms with van der Waals surface area (Å²) in [6, 6.07) is 6.70. The van der Waals surface area contributed by atoms with Gasteiger partial charge in [0.25, 0.3) is 0 Å². The van der Waals surface area contributed by atoms with Crippen LogP contribution in [0.25, 0.3) is 0 Å². The highest BCUT2D eigenvalue weighted by Gasteiger charge is 2.27. The predicted octanol–water partition coefficient (Wildman–Crippen LogP) is 4.19.